The van der Waals surface area contributed by atoms with Gasteiger partial charge >= 0.3 is 0 Å². The molecule has 0 spiro atoms. The van der Waals surface area contributed by atoms with E-state index in [9.17, 15) is 4.79 Å². The quantitative estimate of drug-likeness (QED) is 0.483. The second kappa shape index (κ2) is 7.33. The maximum atomic E-state index is 13.4. The van der Waals surface area contributed by atoms with Gasteiger partial charge in [-0.25, -0.2) is 9.97 Å². The molecule has 0 saturated carbocycles. The lowest BCUT2D eigenvalue weighted by Crippen LogP contribution is -2.33. The lowest BCUT2D eigenvalue weighted by atomic mass is 9.95. The van der Waals surface area contributed by atoms with E-state index in [0.717, 1.165) is 41.1 Å². The van der Waals surface area contributed by atoms with Gasteiger partial charge in [0.25, 0.3) is 5.56 Å². The summed E-state index contributed by atoms with van der Waals surface area (Å²) in [5.41, 5.74) is 4.16. The predicted octanol–water partition coefficient (Wildman–Crippen LogP) is 4.44. The summed E-state index contributed by atoms with van der Waals surface area (Å²) in [6.07, 6.45) is 1.73. The lowest BCUT2D eigenvalue weighted by Gasteiger charge is -2.31. The second-order valence-electron chi connectivity index (χ2n) is 7.91. The molecule has 3 aromatic rings. The Balaban J connectivity index is 1.94. The van der Waals surface area contributed by atoms with Gasteiger partial charge < -0.3 is 4.74 Å². The maximum absolute atomic E-state index is 13.4. The zero-order valence-corrected chi connectivity index (χ0v) is 17.6. The molecule has 1 aromatic carbocycles. The molecular formula is C22H25N3O2S. The second-order valence-corrected chi connectivity index (χ2v) is 8.97. The zero-order chi connectivity index (χ0) is 19.9. The summed E-state index contributed by atoms with van der Waals surface area (Å²) in [7, 11) is 0. The summed E-state index contributed by atoms with van der Waals surface area (Å²) in [6.45, 7) is 8.76. The van der Waals surface area contributed by atoms with E-state index in [-0.39, 0.29) is 11.2 Å². The fourth-order valence-corrected chi connectivity index (χ4v) is 4.24. The fourth-order valence-electron chi connectivity index (χ4n) is 3.39. The topological polar surface area (TPSA) is 57.0 Å². The van der Waals surface area contributed by atoms with Crippen LogP contribution >= 0.6 is 11.8 Å². The van der Waals surface area contributed by atoms with Gasteiger partial charge in [0.2, 0.25) is 0 Å². The molecule has 6 heteroatoms. The third-order valence-electron chi connectivity index (χ3n) is 4.94. The molecule has 2 aromatic heterocycles. The minimum absolute atomic E-state index is 0.0763. The van der Waals surface area contributed by atoms with Gasteiger partial charge in [-0.1, -0.05) is 36.4 Å². The van der Waals surface area contributed by atoms with Crippen LogP contribution < -0.4 is 5.56 Å². The van der Waals surface area contributed by atoms with E-state index in [2.05, 4.69) is 20.8 Å². The Kier molecular flexibility index (Phi) is 5.02. The molecule has 146 valence electrons. The molecule has 0 N–H and O–H groups in total. The van der Waals surface area contributed by atoms with Crippen molar-refractivity contribution < 1.29 is 4.74 Å². The van der Waals surface area contributed by atoms with Crippen LogP contribution in [0.25, 0.3) is 16.7 Å². The number of hydrogen-bond donors (Lipinski definition) is 0. The highest BCUT2D eigenvalue weighted by atomic mass is 32.2. The van der Waals surface area contributed by atoms with Crippen LogP contribution in [-0.4, -0.2) is 25.9 Å². The van der Waals surface area contributed by atoms with Crippen LogP contribution in [0.2, 0.25) is 0 Å². The minimum Gasteiger partial charge on any atom is -0.370 e. The highest BCUT2D eigenvalue weighted by molar-refractivity contribution is 7.99. The van der Waals surface area contributed by atoms with Gasteiger partial charge in [0, 0.05) is 17.7 Å². The Hall–Kier alpha value is -2.18. The van der Waals surface area contributed by atoms with Crippen molar-refractivity contribution in [2.45, 2.75) is 57.9 Å². The summed E-state index contributed by atoms with van der Waals surface area (Å²) < 4.78 is 7.62. The Morgan fingerprint density at radius 2 is 1.96 bits per heavy atom. The van der Waals surface area contributed by atoms with E-state index in [1.54, 1.807) is 16.3 Å². The highest BCUT2D eigenvalue weighted by Crippen LogP contribution is 2.29. The van der Waals surface area contributed by atoms with Crippen molar-refractivity contribution >= 4 is 22.8 Å². The van der Waals surface area contributed by atoms with Gasteiger partial charge in [-0.15, -0.1) is 0 Å². The largest absolute Gasteiger partial charge is 0.370 e. The van der Waals surface area contributed by atoms with Crippen molar-refractivity contribution in [2.75, 3.05) is 5.75 Å². The summed E-state index contributed by atoms with van der Waals surface area (Å²) in [6, 6.07) is 9.89. The van der Waals surface area contributed by atoms with E-state index >= 15 is 0 Å². The van der Waals surface area contributed by atoms with E-state index in [1.807, 2.05) is 37.3 Å². The number of ether oxygens (including phenoxy) is 1. The Morgan fingerprint density at radius 1 is 1.21 bits per heavy atom. The zero-order valence-electron chi connectivity index (χ0n) is 16.8. The van der Waals surface area contributed by atoms with Crippen LogP contribution in [0.4, 0.5) is 0 Å². The Labute approximate surface area is 169 Å². The molecule has 1 aliphatic rings. The van der Waals surface area contributed by atoms with Crippen molar-refractivity contribution in [1.29, 1.82) is 0 Å². The average molecular weight is 396 g/mol. The Bertz CT molecular complexity index is 1090. The summed E-state index contributed by atoms with van der Waals surface area (Å²) in [5.74, 6) is 0.898. The average Bonchev–Trinajstić information content (AvgIpc) is 2.65. The number of hydrogen-bond acceptors (Lipinski definition) is 5. The van der Waals surface area contributed by atoms with Gasteiger partial charge in [0.1, 0.15) is 0 Å². The van der Waals surface area contributed by atoms with Crippen molar-refractivity contribution in [3.63, 3.8) is 0 Å². The van der Waals surface area contributed by atoms with Crippen molar-refractivity contribution in [3.8, 4) is 5.69 Å². The third kappa shape index (κ3) is 3.59. The van der Waals surface area contributed by atoms with Gasteiger partial charge in [-0.3, -0.25) is 9.36 Å². The number of thioether (sulfide) groups is 1. The number of fused-ring (bicyclic) bond motifs is 2. The first-order valence-corrected chi connectivity index (χ1v) is 10.7. The van der Waals surface area contributed by atoms with Crippen LogP contribution in [-0.2, 0) is 17.8 Å². The number of nitrogens with zero attached hydrogens (tertiary/aromatic N) is 3. The molecule has 1 aliphatic heterocycles. The molecule has 0 unspecified atom stereocenters. The first-order valence-electron chi connectivity index (χ1n) is 9.67. The van der Waals surface area contributed by atoms with Crippen molar-refractivity contribution in [1.82, 2.24) is 14.5 Å². The lowest BCUT2D eigenvalue weighted by molar-refractivity contribution is -0.0411. The third-order valence-corrected chi connectivity index (χ3v) is 6.08. The number of aryl methyl sites for hydroxylation is 1. The molecule has 0 bridgehead atoms. The molecule has 0 saturated heterocycles. The van der Waals surface area contributed by atoms with E-state index in [0.29, 0.717) is 22.8 Å². The molecule has 3 heterocycles. The molecule has 0 atom stereocenters. The Morgan fingerprint density at radius 3 is 2.68 bits per heavy atom. The molecule has 0 amide bonds. The predicted molar refractivity (Wildman–Crippen MR) is 113 cm³/mol. The SMILES string of the molecule is CCCSc1nc2nc3c(cc2c(=O)n1-c1ccc(C)cc1)COC(C)(C)C3. The van der Waals surface area contributed by atoms with Gasteiger partial charge in [-0.05, 0) is 45.4 Å². The maximum Gasteiger partial charge on any atom is 0.268 e. The number of benzene rings is 1. The van der Waals surface area contributed by atoms with E-state index in [4.69, 9.17) is 14.7 Å². The smallest absolute Gasteiger partial charge is 0.268 e. The monoisotopic (exact) mass is 395 g/mol. The summed E-state index contributed by atoms with van der Waals surface area (Å²) in [5, 5.41) is 1.24. The van der Waals surface area contributed by atoms with Gasteiger partial charge in [0.15, 0.2) is 10.8 Å². The van der Waals surface area contributed by atoms with E-state index < -0.39 is 0 Å². The van der Waals surface area contributed by atoms with Crippen molar-refractivity contribution in [2.24, 2.45) is 0 Å². The van der Waals surface area contributed by atoms with Crippen LogP contribution in [0.3, 0.4) is 0 Å². The van der Waals surface area contributed by atoms with Crippen molar-refractivity contribution in [3.05, 3.63) is 57.5 Å². The van der Waals surface area contributed by atoms with Crippen LogP contribution in [0.1, 0.15) is 44.0 Å². The molecular weight excluding hydrogens is 370 g/mol. The summed E-state index contributed by atoms with van der Waals surface area (Å²) >= 11 is 1.60. The van der Waals surface area contributed by atoms with Gasteiger partial charge in [-0.2, -0.15) is 0 Å². The van der Waals surface area contributed by atoms with Crippen LogP contribution in [0.5, 0.6) is 0 Å². The number of pyridine rings is 1. The molecule has 5 nitrogen and oxygen atoms in total. The first-order chi connectivity index (χ1) is 13.4. The van der Waals surface area contributed by atoms with Gasteiger partial charge in [0.05, 0.1) is 29.0 Å². The standard InChI is InChI=1S/C22H25N3O2S/c1-5-10-28-21-24-19-17(11-15-13-27-22(3,4)12-18(15)23-19)20(26)25(21)16-8-6-14(2)7-9-16/h6-9,11H,5,10,12-13H2,1-4H3. The van der Waals surface area contributed by atoms with E-state index in [1.165, 1.54) is 0 Å². The molecule has 0 radical (unpaired) electrons. The first kappa shape index (κ1) is 19.2. The molecule has 0 aliphatic carbocycles. The molecule has 0 fully saturated rings. The molecule has 4 rings (SSSR count). The fraction of sp³-hybridized carbons (Fsp3) is 0.409. The summed E-state index contributed by atoms with van der Waals surface area (Å²) in [4.78, 5) is 23.0. The minimum atomic E-state index is -0.246. The number of aromatic nitrogens is 3. The molecule has 28 heavy (non-hydrogen) atoms. The van der Waals surface area contributed by atoms with Crippen LogP contribution in [0, 0.1) is 6.92 Å². The number of rotatable bonds is 4. The highest BCUT2D eigenvalue weighted by Gasteiger charge is 2.28. The van der Waals surface area contributed by atoms with Crippen LogP contribution in [0.15, 0.2) is 40.3 Å². The normalized spacial score (nSPS) is 15.6.